The number of piperidine rings is 3. The summed E-state index contributed by atoms with van der Waals surface area (Å²) in [4.78, 5) is 38.5. The third kappa shape index (κ3) is 2.58. The van der Waals surface area contributed by atoms with E-state index in [0.717, 1.165) is 38.9 Å². The van der Waals surface area contributed by atoms with E-state index in [0.29, 0.717) is 12.8 Å². The largest absolute Gasteiger partial charge is 0.302 e. The topological polar surface area (TPSA) is 54.5 Å². The lowest BCUT2D eigenvalue weighted by Gasteiger charge is -2.71. The zero-order valence-corrected chi connectivity index (χ0v) is 14.8. The Kier molecular flexibility index (Phi) is 4.44. The zero-order chi connectivity index (χ0) is 18.3. The van der Waals surface area contributed by atoms with Crippen LogP contribution in [-0.4, -0.2) is 42.4 Å². The lowest BCUT2D eigenvalue weighted by Crippen LogP contribution is -2.73. The van der Waals surface area contributed by atoms with Crippen molar-refractivity contribution < 1.29 is 14.4 Å². The molecule has 4 fully saturated rings. The minimum atomic E-state index is -0.892. The minimum Gasteiger partial charge on any atom is -0.302 e. The summed E-state index contributed by atoms with van der Waals surface area (Å²) in [5.74, 6) is -1.83. The van der Waals surface area contributed by atoms with Crippen LogP contribution in [0.4, 0.5) is 0 Å². The van der Waals surface area contributed by atoms with Crippen molar-refractivity contribution in [3.05, 3.63) is 38.0 Å². The zero-order valence-electron chi connectivity index (χ0n) is 14.8. The Bertz CT molecular complexity index is 622. The average Bonchev–Trinajstić information content (AvgIpc) is 2.52. The molecule has 1 saturated carbocycles. The first-order valence-electron chi connectivity index (χ1n) is 8.98. The molecule has 0 amide bonds. The van der Waals surface area contributed by atoms with Crippen LogP contribution in [-0.2, 0) is 14.4 Å². The summed E-state index contributed by atoms with van der Waals surface area (Å²) in [6, 6.07) is 0. The fraction of sp³-hybridized carbons (Fsp3) is 0.571. The van der Waals surface area contributed by atoms with Crippen LogP contribution in [0.1, 0.15) is 32.1 Å². The third-order valence-corrected chi connectivity index (χ3v) is 6.61. The van der Waals surface area contributed by atoms with Gasteiger partial charge in [0.15, 0.2) is 6.29 Å². The quantitative estimate of drug-likeness (QED) is 0.280. The van der Waals surface area contributed by atoms with E-state index < -0.39 is 17.5 Å². The summed E-state index contributed by atoms with van der Waals surface area (Å²) in [6.45, 7) is 14.4. The molecular formula is C21H27NO3. The molecule has 0 radical (unpaired) electrons. The van der Waals surface area contributed by atoms with Crippen molar-refractivity contribution in [3.8, 4) is 0 Å². The predicted octanol–water partition coefficient (Wildman–Crippen LogP) is 2.75. The molecule has 0 N–H and O–H groups in total. The van der Waals surface area contributed by atoms with Crippen molar-refractivity contribution in [2.45, 2.75) is 32.1 Å². The van der Waals surface area contributed by atoms with E-state index in [1.165, 1.54) is 0 Å². The Morgan fingerprint density at radius 3 is 1.88 bits per heavy atom. The van der Waals surface area contributed by atoms with Crippen molar-refractivity contribution in [2.75, 3.05) is 19.6 Å². The van der Waals surface area contributed by atoms with E-state index in [1.54, 1.807) is 0 Å². The number of allylic oxidation sites excluding steroid dienone is 3. The van der Waals surface area contributed by atoms with Crippen molar-refractivity contribution in [3.63, 3.8) is 0 Å². The highest BCUT2D eigenvalue weighted by Crippen LogP contribution is 2.68. The Morgan fingerprint density at radius 1 is 0.920 bits per heavy atom. The number of aldehydes is 1. The summed E-state index contributed by atoms with van der Waals surface area (Å²) in [5, 5.41) is 0. The molecular weight excluding hydrogens is 314 g/mol. The molecule has 4 rings (SSSR count). The Balaban J connectivity index is 2.15. The van der Waals surface area contributed by atoms with Crippen LogP contribution in [0.5, 0.6) is 0 Å². The van der Waals surface area contributed by atoms with E-state index in [1.807, 2.05) is 18.2 Å². The van der Waals surface area contributed by atoms with E-state index in [4.69, 9.17) is 0 Å². The SMILES string of the molecule is C=CCC12CN3CC(CC=C)(C1)C(C(=O)C(=O)C=O)C(CC=C)(C3)C2. The second kappa shape index (κ2) is 6.17. The summed E-state index contributed by atoms with van der Waals surface area (Å²) < 4.78 is 0. The molecule has 134 valence electrons. The van der Waals surface area contributed by atoms with Gasteiger partial charge in [0.2, 0.25) is 5.78 Å². The van der Waals surface area contributed by atoms with Gasteiger partial charge in [-0.2, -0.15) is 0 Å². The second-order valence-corrected chi connectivity index (χ2v) is 8.48. The molecule has 1 aliphatic carbocycles. The average molecular weight is 341 g/mol. The molecule has 4 heteroatoms. The molecule has 4 bridgehead atoms. The number of nitrogens with zero attached hydrogens (tertiary/aromatic N) is 1. The predicted molar refractivity (Wildman–Crippen MR) is 97.0 cm³/mol. The Hall–Kier alpha value is -1.81. The second-order valence-electron chi connectivity index (χ2n) is 8.48. The smallest absolute Gasteiger partial charge is 0.261 e. The van der Waals surface area contributed by atoms with Crippen molar-refractivity contribution in [1.82, 2.24) is 4.90 Å². The number of rotatable bonds is 9. The van der Waals surface area contributed by atoms with Crippen LogP contribution in [0.15, 0.2) is 38.0 Å². The molecule has 2 atom stereocenters. The van der Waals surface area contributed by atoms with Crippen molar-refractivity contribution in [1.29, 1.82) is 0 Å². The van der Waals surface area contributed by atoms with Gasteiger partial charge >= 0.3 is 0 Å². The van der Waals surface area contributed by atoms with Gasteiger partial charge in [0.05, 0.1) is 0 Å². The van der Waals surface area contributed by atoms with E-state index in [-0.39, 0.29) is 22.5 Å². The number of carbonyl (C=O) groups is 3. The highest BCUT2D eigenvalue weighted by Gasteiger charge is 2.68. The fourth-order valence-electron chi connectivity index (χ4n) is 6.70. The van der Waals surface area contributed by atoms with Gasteiger partial charge < -0.3 is 4.90 Å². The minimum absolute atomic E-state index is 0.0886. The molecule has 2 unspecified atom stereocenters. The highest BCUT2D eigenvalue weighted by molar-refractivity contribution is 6.58. The summed E-state index contributed by atoms with van der Waals surface area (Å²) in [7, 11) is 0. The maximum atomic E-state index is 13.0. The van der Waals surface area contributed by atoms with Crippen LogP contribution in [0.2, 0.25) is 0 Å². The Morgan fingerprint density at radius 2 is 1.44 bits per heavy atom. The van der Waals surface area contributed by atoms with E-state index in [2.05, 4.69) is 24.6 Å². The van der Waals surface area contributed by atoms with Gasteiger partial charge in [-0.05, 0) is 48.3 Å². The van der Waals surface area contributed by atoms with Gasteiger partial charge in [0.25, 0.3) is 5.78 Å². The molecule has 3 heterocycles. The molecule has 3 aliphatic heterocycles. The monoisotopic (exact) mass is 341 g/mol. The maximum Gasteiger partial charge on any atom is 0.261 e. The Labute approximate surface area is 149 Å². The van der Waals surface area contributed by atoms with Crippen LogP contribution in [0.25, 0.3) is 0 Å². The van der Waals surface area contributed by atoms with E-state index >= 15 is 0 Å². The first-order chi connectivity index (χ1) is 11.9. The highest BCUT2D eigenvalue weighted by atomic mass is 16.2. The van der Waals surface area contributed by atoms with Gasteiger partial charge in [0, 0.05) is 25.6 Å². The normalized spacial score (nSPS) is 41.1. The number of hydrogen-bond donors (Lipinski definition) is 0. The molecule has 0 spiro atoms. The number of hydrogen-bond acceptors (Lipinski definition) is 4. The molecule has 0 aromatic heterocycles. The first kappa shape index (κ1) is 18.0. The third-order valence-electron chi connectivity index (χ3n) is 6.61. The van der Waals surface area contributed by atoms with Crippen LogP contribution < -0.4 is 0 Å². The van der Waals surface area contributed by atoms with Gasteiger partial charge in [-0.15, -0.1) is 19.7 Å². The van der Waals surface area contributed by atoms with Crippen molar-refractivity contribution >= 4 is 17.9 Å². The lowest BCUT2D eigenvalue weighted by atomic mass is 9.40. The van der Waals surface area contributed by atoms with Crippen LogP contribution in [0.3, 0.4) is 0 Å². The maximum absolute atomic E-state index is 13.0. The molecule has 0 aromatic carbocycles. The molecule has 3 saturated heterocycles. The number of carbonyl (C=O) groups excluding carboxylic acids is 3. The van der Waals surface area contributed by atoms with E-state index in [9.17, 15) is 14.4 Å². The van der Waals surface area contributed by atoms with Crippen molar-refractivity contribution in [2.24, 2.45) is 22.2 Å². The van der Waals surface area contributed by atoms with Crippen LogP contribution >= 0.6 is 0 Å². The molecule has 4 aliphatic rings. The van der Waals surface area contributed by atoms with Gasteiger partial charge in [-0.3, -0.25) is 14.4 Å². The number of ketones is 2. The van der Waals surface area contributed by atoms with Crippen LogP contribution in [0, 0.1) is 22.2 Å². The standard InChI is InChI=1S/C21H27NO3/c1-4-7-19-11-20(8-5-2)14-22(13-19)15-21(12-19,9-6-3)18(20)17(25)16(24)10-23/h4-6,10,18H,1-3,7-9,11-15H2. The molecule has 4 nitrogen and oxygen atoms in total. The molecule has 0 aromatic rings. The summed E-state index contributed by atoms with van der Waals surface area (Å²) in [5.41, 5.74) is -0.554. The molecule has 25 heavy (non-hydrogen) atoms. The summed E-state index contributed by atoms with van der Waals surface area (Å²) >= 11 is 0. The van der Waals surface area contributed by atoms with Gasteiger partial charge in [-0.1, -0.05) is 18.2 Å². The lowest BCUT2D eigenvalue weighted by molar-refractivity contribution is -0.214. The van der Waals surface area contributed by atoms with Gasteiger partial charge in [0.1, 0.15) is 0 Å². The van der Waals surface area contributed by atoms with Gasteiger partial charge in [-0.25, -0.2) is 0 Å². The summed E-state index contributed by atoms with van der Waals surface area (Å²) in [6.07, 6.45) is 9.93. The fourth-order valence-corrected chi connectivity index (χ4v) is 6.70. The first-order valence-corrected chi connectivity index (χ1v) is 8.98. The number of Topliss-reactive ketones (excluding diaryl/α,β-unsaturated/α-hetero) is 2.